The Morgan fingerprint density at radius 1 is 1.17 bits per heavy atom. The summed E-state index contributed by atoms with van der Waals surface area (Å²) in [7, 11) is -0.815. The normalized spacial score (nSPS) is 16.4. The van der Waals surface area contributed by atoms with E-state index in [1.165, 1.54) is 30.2 Å². The summed E-state index contributed by atoms with van der Waals surface area (Å²) in [5.41, 5.74) is 1.21. The summed E-state index contributed by atoms with van der Waals surface area (Å²) in [4.78, 5) is 26.3. The third-order valence-corrected chi connectivity index (χ3v) is 5.78. The van der Waals surface area contributed by atoms with E-state index >= 15 is 0 Å². The van der Waals surface area contributed by atoms with Gasteiger partial charge in [0.25, 0.3) is 0 Å². The van der Waals surface area contributed by atoms with Crippen molar-refractivity contribution in [2.45, 2.75) is 17.9 Å². The van der Waals surface area contributed by atoms with E-state index in [4.69, 9.17) is 14.6 Å². The number of rotatable bonds is 7. The number of ether oxygens (including phenoxy) is 2. The number of hydrogen-bond donors (Lipinski definition) is 2. The first-order valence-corrected chi connectivity index (χ1v) is 10.7. The highest BCUT2D eigenvalue weighted by molar-refractivity contribution is 7.89. The smallest absolute Gasteiger partial charge is 0.238 e. The van der Waals surface area contributed by atoms with Crippen LogP contribution in [0.25, 0.3) is 0 Å². The SMILES string of the molecule is COc1ccc(CNC(=O)C2CC(=O)N(c3cccc(S(N)(=O)=O)c3)C2)cc1OC. The van der Waals surface area contributed by atoms with Gasteiger partial charge in [-0.1, -0.05) is 12.1 Å². The number of anilines is 1. The predicted octanol–water partition coefficient (Wildman–Crippen LogP) is 1.02. The molecule has 1 saturated heterocycles. The fraction of sp³-hybridized carbons (Fsp3) is 0.300. The van der Waals surface area contributed by atoms with Crippen LogP contribution in [-0.2, 0) is 26.2 Å². The lowest BCUT2D eigenvalue weighted by molar-refractivity contribution is -0.126. The molecule has 1 aliphatic heterocycles. The molecule has 0 bridgehead atoms. The van der Waals surface area contributed by atoms with Gasteiger partial charge in [0.2, 0.25) is 21.8 Å². The second-order valence-corrected chi connectivity index (χ2v) is 8.42. The Morgan fingerprint density at radius 2 is 1.90 bits per heavy atom. The highest BCUT2D eigenvalue weighted by atomic mass is 32.2. The fourth-order valence-electron chi connectivity index (χ4n) is 3.29. The lowest BCUT2D eigenvalue weighted by Gasteiger charge is -2.17. The number of carbonyl (C=O) groups excluding carboxylic acids is 2. The average molecular weight is 433 g/mol. The zero-order valence-corrected chi connectivity index (χ0v) is 17.4. The van der Waals surface area contributed by atoms with Crippen molar-refractivity contribution in [2.24, 2.45) is 11.1 Å². The Bertz CT molecular complexity index is 1070. The lowest BCUT2D eigenvalue weighted by Crippen LogP contribution is -2.32. The van der Waals surface area contributed by atoms with Crippen LogP contribution < -0.4 is 24.8 Å². The Morgan fingerprint density at radius 3 is 2.57 bits per heavy atom. The molecule has 2 amide bonds. The molecule has 10 heteroatoms. The molecular weight excluding hydrogens is 410 g/mol. The summed E-state index contributed by atoms with van der Waals surface area (Å²) >= 11 is 0. The second kappa shape index (κ2) is 8.72. The summed E-state index contributed by atoms with van der Waals surface area (Å²) in [6.45, 7) is 0.426. The number of nitrogens with two attached hydrogens (primary N) is 1. The Labute approximate surface area is 174 Å². The molecule has 0 aromatic heterocycles. The molecule has 2 aromatic rings. The van der Waals surface area contributed by atoms with Crippen molar-refractivity contribution in [3.63, 3.8) is 0 Å². The van der Waals surface area contributed by atoms with E-state index in [2.05, 4.69) is 5.32 Å². The van der Waals surface area contributed by atoms with Gasteiger partial charge in [-0.15, -0.1) is 0 Å². The van der Waals surface area contributed by atoms with Crippen molar-refractivity contribution in [1.29, 1.82) is 0 Å². The first kappa shape index (κ1) is 21.6. The summed E-state index contributed by atoms with van der Waals surface area (Å²) in [6.07, 6.45) is 0.0391. The van der Waals surface area contributed by atoms with Gasteiger partial charge < -0.3 is 19.7 Å². The minimum Gasteiger partial charge on any atom is -0.493 e. The Kier molecular flexibility index (Phi) is 6.28. The molecule has 1 aliphatic rings. The average Bonchev–Trinajstić information content (AvgIpc) is 3.13. The van der Waals surface area contributed by atoms with E-state index < -0.39 is 15.9 Å². The highest BCUT2D eigenvalue weighted by Gasteiger charge is 2.35. The zero-order chi connectivity index (χ0) is 21.9. The number of amides is 2. The first-order chi connectivity index (χ1) is 14.2. The maximum absolute atomic E-state index is 12.6. The van der Waals surface area contributed by atoms with E-state index in [0.29, 0.717) is 17.2 Å². The van der Waals surface area contributed by atoms with Gasteiger partial charge in [0, 0.05) is 25.2 Å². The monoisotopic (exact) mass is 433 g/mol. The molecule has 3 rings (SSSR count). The molecule has 160 valence electrons. The molecular formula is C20H23N3O6S. The van der Waals surface area contributed by atoms with E-state index in [0.717, 1.165) is 5.56 Å². The molecule has 2 aromatic carbocycles. The molecule has 1 fully saturated rings. The van der Waals surface area contributed by atoms with Crippen LogP contribution in [0.1, 0.15) is 12.0 Å². The third-order valence-electron chi connectivity index (χ3n) is 4.87. The molecule has 3 N–H and O–H groups in total. The van der Waals surface area contributed by atoms with Crippen LogP contribution in [0, 0.1) is 5.92 Å². The number of carbonyl (C=O) groups is 2. The van der Waals surface area contributed by atoms with Gasteiger partial charge in [0.15, 0.2) is 11.5 Å². The first-order valence-electron chi connectivity index (χ1n) is 9.14. The van der Waals surface area contributed by atoms with Crippen LogP contribution in [0.5, 0.6) is 11.5 Å². The van der Waals surface area contributed by atoms with Crippen molar-refractivity contribution in [3.05, 3.63) is 48.0 Å². The lowest BCUT2D eigenvalue weighted by atomic mass is 10.1. The third kappa shape index (κ3) is 4.71. The van der Waals surface area contributed by atoms with Crippen molar-refractivity contribution in [1.82, 2.24) is 5.32 Å². The molecule has 1 unspecified atom stereocenters. The highest BCUT2D eigenvalue weighted by Crippen LogP contribution is 2.28. The van der Waals surface area contributed by atoms with E-state index in [-0.39, 0.29) is 36.2 Å². The van der Waals surface area contributed by atoms with Gasteiger partial charge in [-0.05, 0) is 35.9 Å². The Hall–Kier alpha value is -3.11. The largest absolute Gasteiger partial charge is 0.493 e. The second-order valence-electron chi connectivity index (χ2n) is 6.85. The molecule has 30 heavy (non-hydrogen) atoms. The number of hydrogen-bond acceptors (Lipinski definition) is 6. The van der Waals surface area contributed by atoms with Gasteiger partial charge in [-0.2, -0.15) is 0 Å². The van der Waals surface area contributed by atoms with E-state index in [9.17, 15) is 18.0 Å². The maximum Gasteiger partial charge on any atom is 0.238 e. The van der Waals surface area contributed by atoms with Crippen molar-refractivity contribution >= 4 is 27.5 Å². The maximum atomic E-state index is 12.6. The van der Waals surface area contributed by atoms with Gasteiger partial charge >= 0.3 is 0 Å². The van der Waals surface area contributed by atoms with Gasteiger partial charge in [-0.25, -0.2) is 13.6 Å². The predicted molar refractivity (Wildman–Crippen MR) is 110 cm³/mol. The summed E-state index contributed by atoms with van der Waals surface area (Å²) in [5, 5.41) is 7.98. The summed E-state index contributed by atoms with van der Waals surface area (Å²) in [5.74, 6) is 0.0828. The topological polar surface area (TPSA) is 128 Å². The molecule has 0 aliphatic carbocycles. The van der Waals surface area contributed by atoms with E-state index in [1.807, 2.05) is 6.07 Å². The van der Waals surface area contributed by atoms with Crippen LogP contribution in [-0.4, -0.2) is 41.0 Å². The number of nitrogens with zero attached hydrogens (tertiary/aromatic N) is 1. The van der Waals surface area contributed by atoms with Crippen molar-refractivity contribution < 1.29 is 27.5 Å². The van der Waals surface area contributed by atoms with Crippen LogP contribution in [0.3, 0.4) is 0 Å². The quantitative estimate of drug-likeness (QED) is 0.671. The van der Waals surface area contributed by atoms with Crippen molar-refractivity contribution in [2.75, 3.05) is 25.7 Å². The van der Waals surface area contributed by atoms with Crippen LogP contribution in [0.2, 0.25) is 0 Å². The molecule has 1 atom stereocenters. The summed E-state index contributed by atoms with van der Waals surface area (Å²) in [6, 6.07) is 11.1. The molecule has 0 spiro atoms. The number of primary sulfonamides is 1. The minimum atomic E-state index is -3.89. The number of sulfonamides is 1. The molecule has 9 nitrogen and oxygen atoms in total. The van der Waals surface area contributed by atoms with Gasteiger partial charge in [0.05, 0.1) is 25.0 Å². The van der Waals surface area contributed by atoms with Crippen LogP contribution in [0.15, 0.2) is 47.4 Å². The zero-order valence-electron chi connectivity index (χ0n) is 16.6. The molecule has 1 heterocycles. The number of benzene rings is 2. The molecule has 0 radical (unpaired) electrons. The van der Waals surface area contributed by atoms with E-state index in [1.54, 1.807) is 25.3 Å². The summed E-state index contributed by atoms with van der Waals surface area (Å²) < 4.78 is 33.6. The number of nitrogens with one attached hydrogen (secondary N) is 1. The standard InChI is InChI=1S/C20H23N3O6S/c1-28-17-7-6-13(8-18(17)29-2)11-22-20(25)14-9-19(24)23(12-14)15-4-3-5-16(10-15)30(21,26)27/h3-8,10,14H,9,11-12H2,1-2H3,(H,22,25)(H2,21,26,27). The van der Waals surface area contributed by atoms with Gasteiger partial charge in [0.1, 0.15) is 0 Å². The minimum absolute atomic E-state index is 0.0391. The number of methoxy groups -OCH3 is 2. The molecule has 0 saturated carbocycles. The van der Waals surface area contributed by atoms with Crippen LogP contribution >= 0.6 is 0 Å². The fourth-order valence-corrected chi connectivity index (χ4v) is 3.84. The van der Waals surface area contributed by atoms with Crippen molar-refractivity contribution in [3.8, 4) is 11.5 Å². The van der Waals surface area contributed by atoms with Crippen LogP contribution in [0.4, 0.5) is 5.69 Å². The Balaban J connectivity index is 1.66. The van der Waals surface area contributed by atoms with Gasteiger partial charge in [-0.3, -0.25) is 9.59 Å².